The van der Waals surface area contributed by atoms with E-state index in [1.54, 1.807) is 4.57 Å². The Kier molecular flexibility index (Phi) is 6.87. The van der Waals surface area contributed by atoms with Crippen LogP contribution in [0.2, 0.25) is 0 Å². The number of hydrogen-bond donors (Lipinski definition) is 4. The van der Waals surface area contributed by atoms with Gasteiger partial charge in [0.05, 0.1) is 6.61 Å². The molecule has 0 saturated heterocycles. The van der Waals surface area contributed by atoms with Crippen LogP contribution in [0.3, 0.4) is 0 Å². The van der Waals surface area contributed by atoms with Gasteiger partial charge in [-0.1, -0.05) is 0 Å². The number of aliphatic hydroxyl groups excluding tert-OH is 1. The van der Waals surface area contributed by atoms with E-state index in [0.717, 1.165) is 43.4 Å². The van der Waals surface area contributed by atoms with E-state index in [1.807, 2.05) is 0 Å². The highest BCUT2D eigenvalue weighted by Gasteiger charge is 2.33. The largest absolute Gasteiger partial charge is 0.507 e. The molecule has 1 fully saturated rings. The highest BCUT2D eigenvalue weighted by molar-refractivity contribution is 5.97. The maximum absolute atomic E-state index is 12.8. The molecule has 0 aromatic carbocycles. The second-order valence-electron chi connectivity index (χ2n) is 6.49. The number of hydrogen-bond acceptors (Lipinski definition) is 5. The number of halogens is 1. The van der Waals surface area contributed by atoms with Gasteiger partial charge in [0.15, 0.2) is 0 Å². The van der Waals surface area contributed by atoms with Gasteiger partial charge in [-0.3, -0.25) is 9.59 Å². The number of carbonyl (C=O) groups is 1. The van der Waals surface area contributed by atoms with Crippen molar-refractivity contribution in [3.8, 4) is 5.75 Å². The zero-order valence-electron chi connectivity index (χ0n) is 14.2. The van der Waals surface area contributed by atoms with Gasteiger partial charge >= 0.3 is 0 Å². The van der Waals surface area contributed by atoms with Gasteiger partial charge in [0.2, 0.25) is 0 Å². The van der Waals surface area contributed by atoms with Crippen molar-refractivity contribution >= 4 is 18.3 Å². The highest BCUT2D eigenvalue weighted by Crippen LogP contribution is 2.39. The number of aliphatic hydroxyl groups is 1. The molecule has 2 aliphatic rings. The summed E-state index contributed by atoms with van der Waals surface area (Å²) in [5, 5.41) is 24.9. The topological polar surface area (TPSA) is 104 Å². The molecule has 0 atom stereocenters. The van der Waals surface area contributed by atoms with Crippen LogP contribution in [0.25, 0.3) is 0 Å². The maximum atomic E-state index is 12.8. The van der Waals surface area contributed by atoms with Crippen LogP contribution in [0.1, 0.15) is 53.3 Å². The van der Waals surface area contributed by atoms with Crippen molar-refractivity contribution in [1.29, 1.82) is 0 Å². The third kappa shape index (κ3) is 4.16. The first-order valence-electron chi connectivity index (χ1n) is 8.74. The molecule has 0 bridgehead atoms. The Bertz CT molecular complexity index is 685. The quantitative estimate of drug-likeness (QED) is 0.523. The van der Waals surface area contributed by atoms with E-state index in [1.165, 1.54) is 0 Å². The molecule has 140 valence electrons. The first-order valence-corrected chi connectivity index (χ1v) is 8.74. The second-order valence-corrected chi connectivity index (χ2v) is 6.49. The number of nitrogens with zero attached hydrogens (tertiary/aromatic N) is 1. The summed E-state index contributed by atoms with van der Waals surface area (Å²) in [6.45, 7) is 1.31. The molecular weight excluding hydrogens is 346 g/mol. The zero-order chi connectivity index (χ0) is 17.1. The monoisotopic (exact) mass is 371 g/mol. The van der Waals surface area contributed by atoms with Crippen molar-refractivity contribution in [2.75, 3.05) is 26.2 Å². The number of nitrogens with one attached hydrogen (secondary N) is 2. The van der Waals surface area contributed by atoms with Gasteiger partial charge in [0.25, 0.3) is 11.5 Å². The van der Waals surface area contributed by atoms with E-state index in [-0.39, 0.29) is 41.9 Å². The second kappa shape index (κ2) is 8.69. The van der Waals surface area contributed by atoms with E-state index < -0.39 is 5.91 Å². The normalized spacial score (nSPS) is 16.0. The van der Waals surface area contributed by atoms with Crippen LogP contribution in [0, 0.1) is 0 Å². The Morgan fingerprint density at radius 3 is 2.56 bits per heavy atom. The molecule has 1 aromatic rings. The van der Waals surface area contributed by atoms with Crippen LogP contribution in [0.15, 0.2) is 4.79 Å². The highest BCUT2D eigenvalue weighted by atomic mass is 35.5. The lowest BCUT2D eigenvalue weighted by molar-refractivity contribution is 0.0948. The molecule has 0 aliphatic heterocycles. The first kappa shape index (κ1) is 19.8. The third-order valence-electron chi connectivity index (χ3n) is 4.70. The molecule has 8 heteroatoms. The molecular formula is C17H26ClN3O4. The van der Waals surface area contributed by atoms with Gasteiger partial charge in [-0.2, -0.15) is 0 Å². The van der Waals surface area contributed by atoms with Crippen molar-refractivity contribution < 1.29 is 15.0 Å². The van der Waals surface area contributed by atoms with Gasteiger partial charge in [-0.25, -0.2) is 0 Å². The smallest absolute Gasteiger partial charge is 0.267 e. The van der Waals surface area contributed by atoms with Crippen molar-refractivity contribution in [1.82, 2.24) is 15.2 Å². The van der Waals surface area contributed by atoms with Crippen molar-refractivity contribution in [3.05, 3.63) is 27.2 Å². The number of aromatic hydroxyl groups is 1. The maximum Gasteiger partial charge on any atom is 0.267 e. The summed E-state index contributed by atoms with van der Waals surface area (Å²) in [6.07, 6.45) is 5.41. The first-order chi connectivity index (χ1) is 11.6. The number of carbonyl (C=O) groups excluding carboxylic acids is 1. The summed E-state index contributed by atoms with van der Waals surface area (Å²) in [5.74, 6) is -0.654. The summed E-state index contributed by atoms with van der Waals surface area (Å²) in [6, 6.07) is 0.183. The van der Waals surface area contributed by atoms with Crippen LogP contribution in [-0.4, -0.2) is 46.9 Å². The van der Waals surface area contributed by atoms with Gasteiger partial charge in [0.1, 0.15) is 11.3 Å². The predicted molar refractivity (Wildman–Crippen MR) is 96.8 cm³/mol. The number of pyridine rings is 1. The molecule has 1 amide bonds. The van der Waals surface area contributed by atoms with Crippen LogP contribution < -0.4 is 16.2 Å². The molecule has 0 radical (unpaired) electrons. The summed E-state index contributed by atoms with van der Waals surface area (Å²) in [7, 11) is 0. The van der Waals surface area contributed by atoms with Crippen LogP contribution in [0.4, 0.5) is 0 Å². The number of rotatable bonds is 7. The minimum Gasteiger partial charge on any atom is -0.507 e. The van der Waals surface area contributed by atoms with Gasteiger partial charge in [-0.15, -0.1) is 12.4 Å². The van der Waals surface area contributed by atoms with Crippen molar-refractivity contribution in [2.24, 2.45) is 0 Å². The average Bonchev–Trinajstić information content (AvgIpc) is 3.40. The van der Waals surface area contributed by atoms with E-state index in [2.05, 4.69) is 10.6 Å². The Morgan fingerprint density at radius 2 is 1.88 bits per heavy atom. The fraction of sp³-hybridized carbons (Fsp3) is 0.647. The predicted octanol–water partition coefficient (Wildman–Crippen LogP) is 0.501. The van der Waals surface area contributed by atoms with Crippen molar-refractivity contribution in [3.63, 3.8) is 0 Å². The molecule has 1 aromatic heterocycles. The van der Waals surface area contributed by atoms with Gasteiger partial charge in [0, 0.05) is 36.9 Å². The number of fused-ring (bicyclic) bond motifs is 1. The summed E-state index contributed by atoms with van der Waals surface area (Å²) < 4.78 is 1.76. The van der Waals surface area contributed by atoms with E-state index in [9.17, 15) is 14.7 Å². The minimum absolute atomic E-state index is 0. The summed E-state index contributed by atoms with van der Waals surface area (Å²) in [4.78, 5) is 25.3. The molecule has 1 heterocycles. The average molecular weight is 372 g/mol. The molecule has 3 rings (SSSR count). The Labute approximate surface area is 152 Å². The lowest BCUT2D eigenvalue weighted by Gasteiger charge is -2.23. The SMILES string of the molecule is Cl.O=C(NCCNCCO)c1c(O)c2c(n(C3CC3)c1=O)CCCC2. The third-order valence-corrected chi connectivity index (χ3v) is 4.70. The Morgan fingerprint density at radius 1 is 1.16 bits per heavy atom. The standard InChI is InChI=1S/C17H25N3O4.ClH/c21-10-9-18-7-8-19-16(23)14-15(22)12-3-1-2-4-13(12)20(17(14)24)11-5-6-11;/h11,18,21-22H,1-10H2,(H,19,23);1H. The fourth-order valence-corrected chi connectivity index (χ4v) is 3.39. The minimum atomic E-state index is -0.522. The summed E-state index contributed by atoms with van der Waals surface area (Å²) >= 11 is 0. The molecule has 0 unspecified atom stereocenters. The van der Waals surface area contributed by atoms with Gasteiger partial charge in [-0.05, 0) is 38.5 Å². The Balaban J connectivity index is 0.00000225. The van der Waals surface area contributed by atoms with E-state index in [4.69, 9.17) is 5.11 Å². The Hall–Kier alpha value is -1.57. The van der Waals surface area contributed by atoms with E-state index >= 15 is 0 Å². The molecule has 25 heavy (non-hydrogen) atoms. The van der Waals surface area contributed by atoms with Crippen LogP contribution in [-0.2, 0) is 12.8 Å². The number of amides is 1. The molecule has 4 N–H and O–H groups in total. The molecule has 0 spiro atoms. The lowest BCUT2D eigenvalue weighted by Crippen LogP contribution is -2.38. The van der Waals surface area contributed by atoms with Crippen LogP contribution in [0.5, 0.6) is 5.75 Å². The van der Waals surface area contributed by atoms with E-state index in [0.29, 0.717) is 26.1 Å². The summed E-state index contributed by atoms with van der Waals surface area (Å²) in [5.41, 5.74) is 1.21. The lowest BCUT2D eigenvalue weighted by atomic mass is 9.93. The molecule has 1 saturated carbocycles. The number of aromatic nitrogens is 1. The van der Waals surface area contributed by atoms with Gasteiger partial charge < -0.3 is 25.4 Å². The zero-order valence-corrected chi connectivity index (χ0v) is 15.0. The fourth-order valence-electron chi connectivity index (χ4n) is 3.39. The molecule has 2 aliphatic carbocycles. The molecule has 7 nitrogen and oxygen atoms in total. The van der Waals surface area contributed by atoms with Crippen molar-refractivity contribution in [2.45, 2.75) is 44.6 Å². The van der Waals surface area contributed by atoms with Crippen LogP contribution >= 0.6 is 12.4 Å².